The molecule has 1 fully saturated rings. The summed E-state index contributed by atoms with van der Waals surface area (Å²) in [5.74, 6) is 1.44. The lowest BCUT2D eigenvalue weighted by molar-refractivity contribution is 0.243. The minimum atomic E-state index is 0.0471. The van der Waals surface area contributed by atoms with Crippen molar-refractivity contribution in [1.29, 1.82) is 0 Å². The van der Waals surface area contributed by atoms with Crippen molar-refractivity contribution in [3.05, 3.63) is 43.5 Å². The third kappa shape index (κ3) is 3.51. The second kappa shape index (κ2) is 6.92. The molecular weight excluding hydrogens is 332 g/mol. The number of nitrogens with one attached hydrogen (secondary N) is 1. The van der Waals surface area contributed by atoms with Gasteiger partial charge in [0.1, 0.15) is 0 Å². The molecule has 2 aromatic heterocycles. The van der Waals surface area contributed by atoms with Gasteiger partial charge in [0.2, 0.25) is 5.95 Å². The summed E-state index contributed by atoms with van der Waals surface area (Å²) >= 11 is 1.80. The van der Waals surface area contributed by atoms with Gasteiger partial charge in [-0.2, -0.15) is 0 Å². The largest absolute Gasteiger partial charge is 0.342 e. The number of nitrogens with zero attached hydrogens (tertiary/aromatic N) is 3. The van der Waals surface area contributed by atoms with Gasteiger partial charge in [0.15, 0.2) is 0 Å². The molecule has 0 amide bonds. The number of anilines is 1. The smallest absolute Gasteiger partial charge is 0.257 e. The lowest BCUT2D eigenvalue weighted by atomic mass is 10.0. The van der Waals surface area contributed by atoms with Crippen LogP contribution in [0, 0.1) is 12.8 Å². The van der Waals surface area contributed by atoms with E-state index in [0.717, 1.165) is 49.8 Å². The van der Waals surface area contributed by atoms with Gasteiger partial charge in [0.25, 0.3) is 5.56 Å². The van der Waals surface area contributed by atoms with E-state index in [1.54, 1.807) is 11.3 Å². The van der Waals surface area contributed by atoms with Crippen LogP contribution in [0.2, 0.25) is 0 Å². The summed E-state index contributed by atoms with van der Waals surface area (Å²) in [7, 11) is 0. The SMILES string of the molecule is Cc1ccsc1CN1CCc2nc(N3CCC[C@@H](C)C3)[nH]c(=O)c2C1. The Morgan fingerprint density at radius 1 is 1.40 bits per heavy atom. The molecule has 1 saturated heterocycles. The van der Waals surface area contributed by atoms with Crippen LogP contribution in [0.25, 0.3) is 0 Å². The van der Waals surface area contributed by atoms with Crippen molar-refractivity contribution in [3.63, 3.8) is 0 Å². The summed E-state index contributed by atoms with van der Waals surface area (Å²) in [6.45, 7) is 9.01. The molecule has 1 N–H and O–H groups in total. The van der Waals surface area contributed by atoms with E-state index < -0.39 is 0 Å². The molecule has 0 aromatic carbocycles. The summed E-state index contributed by atoms with van der Waals surface area (Å²) in [6, 6.07) is 2.16. The zero-order chi connectivity index (χ0) is 17.4. The number of aromatic nitrogens is 2. The van der Waals surface area contributed by atoms with Gasteiger partial charge in [-0.25, -0.2) is 4.98 Å². The van der Waals surface area contributed by atoms with Gasteiger partial charge in [-0.1, -0.05) is 6.92 Å². The number of aryl methyl sites for hydroxylation is 1. The molecule has 0 bridgehead atoms. The standard InChI is InChI=1S/C19H26N4OS/c1-13-4-3-7-23(10-13)19-20-16-5-8-22(11-15(16)18(24)21-19)12-17-14(2)6-9-25-17/h6,9,13H,3-5,7-8,10-12H2,1-2H3,(H,20,21,24)/t13-/m1/s1. The van der Waals surface area contributed by atoms with Crippen molar-refractivity contribution >= 4 is 17.3 Å². The van der Waals surface area contributed by atoms with Crippen LogP contribution in [0.15, 0.2) is 16.2 Å². The molecule has 1 atom stereocenters. The Morgan fingerprint density at radius 3 is 3.04 bits per heavy atom. The number of rotatable bonds is 3. The van der Waals surface area contributed by atoms with Crippen LogP contribution >= 0.6 is 11.3 Å². The van der Waals surface area contributed by atoms with Gasteiger partial charge in [-0.05, 0) is 42.7 Å². The molecule has 6 heteroatoms. The van der Waals surface area contributed by atoms with Gasteiger partial charge in [-0.15, -0.1) is 11.3 Å². The van der Waals surface area contributed by atoms with E-state index in [9.17, 15) is 4.79 Å². The van der Waals surface area contributed by atoms with Gasteiger partial charge in [0, 0.05) is 44.0 Å². The maximum Gasteiger partial charge on any atom is 0.257 e. The lowest BCUT2D eigenvalue weighted by Gasteiger charge is -2.33. The first-order valence-corrected chi connectivity index (χ1v) is 10.1. The number of thiophene rings is 1. The number of aromatic amines is 1. The molecule has 0 spiro atoms. The number of H-pyrrole nitrogens is 1. The van der Waals surface area contributed by atoms with Crippen LogP contribution in [-0.4, -0.2) is 34.5 Å². The molecule has 0 unspecified atom stereocenters. The fraction of sp³-hybridized carbons (Fsp3) is 0.579. The van der Waals surface area contributed by atoms with Crippen molar-refractivity contribution < 1.29 is 0 Å². The first-order chi connectivity index (χ1) is 12.1. The minimum absolute atomic E-state index is 0.0471. The minimum Gasteiger partial charge on any atom is -0.342 e. The van der Waals surface area contributed by atoms with E-state index in [1.807, 2.05) is 0 Å². The molecule has 0 aliphatic carbocycles. The highest BCUT2D eigenvalue weighted by Gasteiger charge is 2.24. The van der Waals surface area contributed by atoms with Gasteiger partial charge >= 0.3 is 0 Å². The average Bonchev–Trinajstić information content (AvgIpc) is 3.00. The van der Waals surface area contributed by atoms with Crippen LogP contribution in [0.1, 0.15) is 41.5 Å². The summed E-state index contributed by atoms with van der Waals surface area (Å²) in [5.41, 5.74) is 3.24. The van der Waals surface area contributed by atoms with E-state index in [2.05, 4.69) is 40.1 Å². The predicted molar refractivity (Wildman–Crippen MR) is 102 cm³/mol. The van der Waals surface area contributed by atoms with Gasteiger partial charge < -0.3 is 4.90 Å². The van der Waals surface area contributed by atoms with Crippen LogP contribution in [0.3, 0.4) is 0 Å². The molecular formula is C19H26N4OS. The summed E-state index contributed by atoms with van der Waals surface area (Å²) in [4.78, 5) is 26.6. The molecule has 4 heterocycles. The Kier molecular flexibility index (Phi) is 4.65. The predicted octanol–water partition coefficient (Wildman–Crippen LogP) is 2.93. The highest BCUT2D eigenvalue weighted by Crippen LogP contribution is 2.24. The summed E-state index contributed by atoms with van der Waals surface area (Å²) in [5, 5.41) is 2.14. The molecule has 2 aromatic rings. The molecule has 134 valence electrons. The molecule has 2 aliphatic heterocycles. The lowest BCUT2D eigenvalue weighted by Crippen LogP contribution is -2.39. The van der Waals surface area contributed by atoms with Crippen LogP contribution in [-0.2, 0) is 19.5 Å². The summed E-state index contributed by atoms with van der Waals surface area (Å²) in [6.07, 6.45) is 3.30. The number of fused-ring (bicyclic) bond motifs is 1. The second-order valence-electron chi connectivity index (χ2n) is 7.50. The maximum absolute atomic E-state index is 12.7. The monoisotopic (exact) mass is 358 g/mol. The summed E-state index contributed by atoms with van der Waals surface area (Å²) < 4.78 is 0. The Labute approximate surface area is 152 Å². The fourth-order valence-corrected chi connectivity index (χ4v) is 4.85. The van der Waals surface area contributed by atoms with Crippen LogP contribution < -0.4 is 10.5 Å². The Balaban J connectivity index is 1.53. The van der Waals surface area contributed by atoms with E-state index in [4.69, 9.17) is 4.98 Å². The van der Waals surface area contributed by atoms with E-state index in [1.165, 1.54) is 23.3 Å². The number of hydrogen-bond acceptors (Lipinski definition) is 5. The second-order valence-corrected chi connectivity index (χ2v) is 8.50. The van der Waals surface area contributed by atoms with Crippen LogP contribution in [0.5, 0.6) is 0 Å². The van der Waals surface area contributed by atoms with Crippen molar-refractivity contribution in [2.45, 2.75) is 46.2 Å². The van der Waals surface area contributed by atoms with Gasteiger partial charge in [0.05, 0.1) is 11.3 Å². The fourth-order valence-electron chi connectivity index (χ4n) is 3.90. The normalized spacial score (nSPS) is 21.4. The van der Waals surface area contributed by atoms with Crippen molar-refractivity contribution in [2.24, 2.45) is 5.92 Å². The molecule has 25 heavy (non-hydrogen) atoms. The quantitative estimate of drug-likeness (QED) is 0.917. The zero-order valence-electron chi connectivity index (χ0n) is 15.0. The Hall–Kier alpha value is -1.66. The molecule has 2 aliphatic rings. The number of hydrogen-bond donors (Lipinski definition) is 1. The van der Waals surface area contributed by atoms with Crippen molar-refractivity contribution in [2.75, 3.05) is 24.5 Å². The topological polar surface area (TPSA) is 52.2 Å². The first-order valence-electron chi connectivity index (χ1n) is 9.22. The molecule has 0 saturated carbocycles. The van der Waals surface area contributed by atoms with Gasteiger partial charge in [-0.3, -0.25) is 14.7 Å². The van der Waals surface area contributed by atoms with E-state index in [-0.39, 0.29) is 5.56 Å². The zero-order valence-corrected chi connectivity index (χ0v) is 15.9. The average molecular weight is 359 g/mol. The first kappa shape index (κ1) is 16.8. The maximum atomic E-state index is 12.7. The highest BCUT2D eigenvalue weighted by atomic mass is 32.1. The highest BCUT2D eigenvalue weighted by molar-refractivity contribution is 7.10. The van der Waals surface area contributed by atoms with Crippen molar-refractivity contribution in [3.8, 4) is 0 Å². The van der Waals surface area contributed by atoms with Crippen LogP contribution in [0.4, 0.5) is 5.95 Å². The third-order valence-electron chi connectivity index (χ3n) is 5.43. The molecule has 4 rings (SSSR count). The Bertz CT molecular complexity index is 812. The Morgan fingerprint density at radius 2 is 2.28 bits per heavy atom. The molecule has 5 nitrogen and oxygen atoms in total. The van der Waals surface area contributed by atoms with E-state index in [0.29, 0.717) is 12.5 Å². The molecule has 0 radical (unpaired) electrons. The number of piperidine rings is 1. The van der Waals surface area contributed by atoms with E-state index >= 15 is 0 Å². The van der Waals surface area contributed by atoms with Crippen molar-refractivity contribution in [1.82, 2.24) is 14.9 Å². The third-order valence-corrected chi connectivity index (χ3v) is 6.43.